The van der Waals surface area contributed by atoms with Crippen LogP contribution in [-0.4, -0.2) is 21.0 Å². The third-order valence-corrected chi connectivity index (χ3v) is 3.14. The van der Waals surface area contributed by atoms with Crippen molar-refractivity contribution in [2.24, 2.45) is 0 Å². The average molecular weight is 260 g/mol. The first-order chi connectivity index (χ1) is 8.88. The first-order valence-corrected chi connectivity index (χ1v) is 5.99. The molecule has 2 aromatic rings. The molecule has 1 aromatic carbocycles. The van der Waals surface area contributed by atoms with Gasteiger partial charge in [0.25, 0.3) is 0 Å². The molecular weight excluding hydrogens is 244 g/mol. The number of hydrogen-bond acceptors (Lipinski definition) is 2. The zero-order valence-electron chi connectivity index (χ0n) is 10.9. The maximum absolute atomic E-state index is 11.1. The summed E-state index contributed by atoms with van der Waals surface area (Å²) in [6, 6.07) is 7.54. The molecule has 0 aliphatic rings. The topological polar surface area (TPSA) is 85.9 Å². The van der Waals surface area contributed by atoms with Gasteiger partial charge in [-0.3, -0.25) is 4.79 Å². The molecular formula is C14H16N2O3. The monoisotopic (exact) mass is 260 g/mol. The first-order valence-electron chi connectivity index (χ1n) is 5.99. The normalized spacial score (nSPS) is 11.5. The number of aromatic nitrogens is 2. The van der Waals surface area contributed by atoms with Crippen molar-refractivity contribution in [3.63, 3.8) is 0 Å². The van der Waals surface area contributed by atoms with E-state index in [0.29, 0.717) is 5.69 Å². The van der Waals surface area contributed by atoms with Gasteiger partial charge in [-0.1, -0.05) is 32.0 Å². The Labute approximate surface area is 110 Å². The van der Waals surface area contributed by atoms with Crippen LogP contribution >= 0.6 is 0 Å². The second kappa shape index (κ2) is 4.76. The Morgan fingerprint density at radius 3 is 2.68 bits per heavy atom. The van der Waals surface area contributed by atoms with Crippen LogP contribution in [-0.2, 0) is 10.2 Å². The summed E-state index contributed by atoms with van der Waals surface area (Å²) in [7, 11) is 0. The highest BCUT2D eigenvalue weighted by Crippen LogP contribution is 2.29. The molecule has 0 fully saturated rings. The summed E-state index contributed by atoms with van der Waals surface area (Å²) < 4.78 is 0. The Kier molecular flexibility index (Phi) is 3.29. The molecule has 0 unspecified atom stereocenters. The van der Waals surface area contributed by atoms with E-state index in [-0.39, 0.29) is 12.1 Å². The van der Waals surface area contributed by atoms with Crippen molar-refractivity contribution in [3.8, 4) is 11.3 Å². The van der Waals surface area contributed by atoms with Crippen molar-refractivity contribution in [1.29, 1.82) is 0 Å². The molecule has 2 rings (SSSR count). The van der Waals surface area contributed by atoms with Crippen LogP contribution in [0.15, 0.2) is 35.3 Å². The molecule has 0 spiro atoms. The highest BCUT2D eigenvalue weighted by Gasteiger charge is 2.24. The van der Waals surface area contributed by atoms with E-state index in [4.69, 9.17) is 5.11 Å². The van der Waals surface area contributed by atoms with Gasteiger partial charge in [0.2, 0.25) is 0 Å². The molecule has 19 heavy (non-hydrogen) atoms. The Bertz CT molecular complexity index is 652. The minimum absolute atomic E-state index is 0.0557. The molecule has 1 heterocycles. The first kappa shape index (κ1) is 13.1. The summed E-state index contributed by atoms with van der Waals surface area (Å²) in [6.45, 7) is 3.78. The number of imidazole rings is 1. The number of hydrogen-bond donors (Lipinski definition) is 3. The predicted molar refractivity (Wildman–Crippen MR) is 72.1 cm³/mol. The second-order valence-electron chi connectivity index (χ2n) is 5.19. The number of carboxylic acid groups (broad SMARTS) is 1. The van der Waals surface area contributed by atoms with Crippen LogP contribution < -0.4 is 5.69 Å². The summed E-state index contributed by atoms with van der Waals surface area (Å²) in [5.41, 5.74) is 1.75. The fraction of sp³-hybridized carbons (Fsp3) is 0.286. The van der Waals surface area contributed by atoms with Crippen LogP contribution in [0.1, 0.15) is 25.8 Å². The van der Waals surface area contributed by atoms with Crippen molar-refractivity contribution >= 4 is 5.97 Å². The number of benzene rings is 1. The Morgan fingerprint density at radius 1 is 1.37 bits per heavy atom. The smallest absolute Gasteiger partial charge is 0.323 e. The summed E-state index contributed by atoms with van der Waals surface area (Å²) in [6.07, 6.45) is 1.66. The van der Waals surface area contributed by atoms with Crippen molar-refractivity contribution in [2.75, 3.05) is 0 Å². The summed E-state index contributed by atoms with van der Waals surface area (Å²) >= 11 is 0. The van der Waals surface area contributed by atoms with Gasteiger partial charge in [-0.25, -0.2) is 4.79 Å². The fourth-order valence-corrected chi connectivity index (χ4v) is 2.08. The SMILES string of the molecule is CC(C)(CC(=O)O)c1cccc(-c2c[nH]c(=O)[nH]2)c1. The number of rotatable bonds is 4. The minimum atomic E-state index is -0.828. The molecule has 3 N–H and O–H groups in total. The van der Waals surface area contributed by atoms with Crippen LogP contribution in [0, 0.1) is 0 Å². The number of aromatic amines is 2. The van der Waals surface area contributed by atoms with E-state index in [0.717, 1.165) is 11.1 Å². The lowest BCUT2D eigenvalue weighted by Gasteiger charge is -2.23. The van der Waals surface area contributed by atoms with Crippen LogP contribution in [0.3, 0.4) is 0 Å². The van der Waals surface area contributed by atoms with Gasteiger partial charge in [0.15, 0.2) is 0 Å². The molecule has 0 aliphatic heterocycles. The van der Waals surface area contributed by atoms with E-state index < -0.39 is 11.4 Å². The number of H-pyrrole nitrogens is 2. The van der Waals surface area contributed by atoms with E-state index >= 15 is 0 Å². The number of carboxylic acids is 1. The molecule has 0 atom stereocenters. The molecule has 0 saturated carbocycles. The van der Waals surface area contributed by atoms with Gasteiger partial charge in [-0.05, 0) is 17.2 Å². The molecule has 5 heteroatoms. The van der Waals surface area contributed by atoms with E-state index in [1.807, 2.05) is 38.1 Å². The fourth-order valence-electron chi connectivity index (χ4n) is 2.08. The molecule has 5 nitrogen and oxygen atoms in total. The molecule has 0 saturated heterocycles. The number of carbonyl (C=O) groups is 1. The standard InChI is InChI=1S/C14H16N2O3/c1-14(2,7-12(17)18)10-5-3-4-9(6-10)11-8-15-13(19)16-11/h3-6,8H,7H2,1-2H3,(H,17,18)(H2,15,16,19). The summed E-state index contributed by atoms with van der Waals surface area (Å²) in [5.74, 6) is -0.828. The van der Waals surface area contributed by atoms with Crippen LogP contribution in [0.2, 0.25) is 0 Å². The van der Waals surface area contributed by atoms with Crippen LogP contribution in [0.4, 0.5) is 0 Å². The summed E-state index contributed by atoms with van der Waals surface area (Å²) in [5, 5.41) is 8.95. The Hall–Kier alpha value is -2.30. The lowest BCUT2D eigenvalue weighted by atomic mass is 9.81. The lowest BCUT2D eigenvalue weighted by Crippen LogP contribution is -2.21. The van der Waals surface area contributed by atoms with Gasteiger partial charge in [0, 0.05) is 11.6 Å². The molecule has 1 aromatic heterocycles. The molecule has 0 radical (unpaired) electrons. The maximum atomic E-state index is 11.1. The zero-order chi connectivity index (χ0) is 14.0. The van der Waals surface area contributed by atoms with Crippen molar-refractivity contribution in [3.05, 3.63) is 46.5 Å². The van der Waals surface area contributed by atoms with Gasteiger partial charge in [0.05, 0.1) is 12.1 Å². The molecule has 0 aliphatic carbocycles. The van der Waals surface area contributed by atoms with Gasteiger partial charge in [-0.2, -0.15) is 0 Å². The van der Waals surface area contributed by atoms with Crippen LogP contribution in [0.25, 0.3) is 11.3 Å². The average Bonchev–Trinajstić information content (AvgIpc) is 2.74. The number of nitrogens with one attached hydrogen (secondary N) is 2. The predicted octanol–water partition coefficient (Wildman–Crippen LogP) is 2.12. The quantitative estimate of drug-likeness (QED) is 0.787. The molecule has 0 amide bonds. The molecule has 100 valence electrons. The van der Waals surface area contributed by atoms with Crippen molar-refractivity contribution in [1.82, 2.24) is 9.97 Å². The van der Waals surface area contributed by atoms with Crippen molar-refractivity contribution < 1.29 is 9.90 Å². The largest absolute Gasteiger partial charge is 0.481 e. The summed E-state index contributed by atoms with van der Waals surface area (Å²) in [4.78, 5) is 27.2. The Morgan fingerprint density at radius 2 is 2.11 bits per heavy atom. The lowest BCUT2D eigenvalue weighted by molar-refractivity contribution is -0.138. The maximum Gasteiger partial charge on any atom is 0.323 e. The van der Waals surface area contributed by atoms with Gasteiger partial charge < -0.3 is 15.1 Å². The van der Waals surface area contributed by atoms with Gasteiger partial charge in [0.1, 0.15) is 0 Å². The van der Waals surface area contributed by atoms with E-state index in [2.05, 4.69) is 9.97 Å². The van der Waals surface area contributed by atoms with E-state index in [9.17, 15) is 9.59 Å². The minimum Gasteiger partial charge on any atom is -0.481 e. The van der Waals surface area contributed by atoms with E-state index in [1.165, 1.54) is 0 Å². The van der Waals surface area contributed by atoms with Crippen molar-refractivity contribution in [2.45, 2.75) is 25.7 Å². The highest BCUT2D eigenvalue weighted by molar-refractivity contribution is 5.69. The van der Waals surface area contributed by atoms with Gasteiger partial charge >= 0.3 is 11.7 Å². The molecule has 0 bridgehead atoms. The Balaban J connectivity index is 2.39. The van der Waals surface area contributed by atoms with Gasteiger partial charge in [-0.15, -0.1) is 0 Å². The van der Waals surface area contributed by atoms with Crippen LogP contribution in [0.5, 0.6) is 0 Å². The zero-order valence-corrected chi connectivity index (χ0v) is 10.9. The van der Waals surface area contributed by atoms with E-state index in [1.54, 1.807) is 6.20 Å². The third kappa shape index (κ3) is 2.93. The second-order valence-corrected chi connectivity index (χ2v) is 5.19. The number of aliphatic carboxylic acids is 1. The highest BCUT2D eigenvalue weighted by atomic mass is 16.4. The third-order valence-electron chi connectivity index (χ3n) is 3.14.